The lowest BCUT2D eigenvalue weighted by Gasteiger charge is -2.14. The van der Waals surface area contributed by atoms with E-state index in [0.29, 0.717) is 18.1 Å². The third-order valence-corrected chi connectivity index (χ3v) is 3.54. The van der Waals surface area contributed by atoms with E-state index in [-0.39, 0.29) is 25.2 Å². The second-order valence-electron chi connectivity index (χ2n) is 5.53. The highest BCUT2D eigenvalue weighted by atomic mass is 16.6. The third-order valence-electron chi connectivity index (χ3n) is 3.54. The van der Waals surface area contributed by atoms with Crippen LogP contribution in [0.15, 0.2) is 54.6 Å². The maximum Gasteiger partial charge on any atom is 0.344 e. The van der Waals surface area contributed by atoms with Gasteiger partial charge < -0.3 is 19.5 Å². The molecule has 0 bridgehead atoms. The summed E-state index contributed by atoms with van der Waals surface area (Å²) in [6, 6.07) is 16.4. The zero-order valence-electron chi connectivity index (χ0n) is 14.9. The molecule has 0 aromatic heterocycles. The number of esters is 1. The molecule has 0 heterocycles. The topological polar surface area (TPSA) is 73.9 Å². The first kappa shape index (κ1) is 19.3. The number of hydrogen-bond donors (Lipinski definition) is 1. The van der Waals surface area contributed by atoms with Gasteiger partial charge in [0, 0.05) is 0 Å². The molecule has 2 aromatic carbocycles. The van der Waals surface area contributed by atoms with Gasteiger partial charge in [-0.05, 0) is 31.5 Å². The highest BCUT2D eigenvalue weighted by molar-refractivity contribution is 5.81. The molecule has 0 radical (unpaired) electrons. The van der Waals surface area contributed by atoms with Crippen LogP contribution in [0.1, 0.15) is 25.5 Å². The van der Waals surface area contributed by atoms with Crippen molar-refractivity contribution >= 4 is 11.9 Å². The predicted molar refractivity (Wildman–Crippen MR) is 97.1 cm³/mol. The van der Waals surface area contributed by atoms with E-state index in [9.17, 15) is 9.59 Å². The summed E-state index contributed by atoms with van der Waals surface area (Å²) in [5.74, 6) is 0.00826. The Morgan fingerprint density at radius 2 is 1.54 bits per heavy atom. The lowest BCUT2D eigenvalue weighted by molar-refractivity contribution is -0.150. The quantitative estimate of drug-likeness (QED) is 0.699. The second-order valence-corrected chi connectivity index (χ2v) is 5.53. The molecule has 2 aromatic rings. The van der Waals surface area contributed by atoms with Crippen LogP contribution in [0.2, 0.25) is 0 Å². The van der Waals surface area contributed by atoms with Crippen molar-refractivity contribution < 1.29 is 23.8 Å². The molecule has 0 saturated carbocycles. The largest absolute Gasteiger partial charge is 0.490 e. The highest BCUT2D eigenvalue weighted by Crippen LogP contribution is 2.26. The molecule has 138 valence electrons. The van der Waals surface area contributed by atoms with Gasteiger partial charge in [-0.2, -0.15) is 0 Å². The minimum Gasteiger partial charge on any atom is -0.490 e. The number of carbonyl (C=O) groups excluding carboxylic acids is 2. The monoisotopic (exact) mass is 357 g/mol. The maximum atomic E-state index is 11.9. The van der Waals surface area contributed by atoms with Crippen molar-refractivity contribution in [2.45, 2.75) is 19.9 Å². The number of amides is 1. The molecule has 0 unspecified atom stereocenters. The van der Waals surface area contributed by atoms with Gasteiger partial charge in [-0.1, -0.05) is 42.5 Å². The molecule has 6 heteroatoms. The van der Waals surface area contributed by atoms with Gasteiger partial charge in [-0.15, -0.1) is 0 Å². The number of ether oxygens (including phenoxy) is 3. The Balaban J connectivity index is 1.74. The first-order valence-corrected chi connectivity index (χ1v) is 8.44. The Kier molecular flexibility index (Phi) is 7.49. The molecule has 6 nitrogen and oxygen atoms in total. The zero-order valence-corrected chi connectivity index (χ0v) is 14.9. The number of rotatable bonds is 9. The van der Waals surface area contributed by atoms with E-state index < -0.39 is 5.97 Å². The van der Waals surface area contributed by atoms with Crippen LogP contribution in [0.3, 0.4) is 0 Å². The minimum atomic E-state index is -0.626. The maximum absolute atomic E-state index is 11.9. The second kappa shape index (κ2) is 10.1. The molecule has 0 saturated heterocycles. The fraction of sp³-hybridized carbons (Fsp3) is 0.300. The molecule has 0 aliphatic carbocycles. The number of benzene rings is 2. The molecule has 1 N–H and O–H groups in total. The van der Waals surface area contributed by atoms with Gasteiger partial charge in [0.25, 0.3) is 5.91 Å². The van der Waals surface area contributed by atoms with Crippen LogP contribution < -0.4 is 14.8 Å². The summed E-state index contributed by atoms with van der Waals surface area (Å²) in [4.78, 5) is 23.7. The zero-order chi connectivity index (χ0) is 18.8. The molecule has 0 aliphatic heterocycles. The number of para-hydroxylation sites is 2. The van der Waals surface area contributed by atoms with Crippen molar-refractivity contribution in [2.75, 3.05) is 19.8 Å². The van der Waals surface area contributed by atoms with Gasteiger partial charge in [0.2, 0.25) is 0 Å². The van der Waals surface area contributed by atoms with Gasteiger partial charge in [0.05, 0.1) is 12.6 Å². The summed E-state index contributed by atoms with van der Waals surface area (Å²) in [7, 11) is 0. The third kappa shape index (κ3) is 6.12. The fourth-order valence-corrected chi connectivity index (χ4v) is 2.28. The van der Waals surface area contributed by atoms with Crippen LogP contribution in [0.5, 0.6) is 11.5 Å². The van der Waals surface area contributed by atoms with Crippen molar-refractivity contribution in [3.63, 3.8) is 0 Å². The van der Waals surface area contributed by atoms with Crippen LogP contribution in [0.4, 0.5) is 0 Å². The normalized spacial score (nSPS) is 11.3. The molecule has 2 rings (SSSR count). The van der Waals surface area contributed by atoms with Gasteiger partial charge >= 0.3 is 5.97 Å². The Morgan fingerprint density at radius 3 is 2.19 bits per heavy atom. The van der Waals surface area contributed by atoms with Crippen LogP contribution in [-0.2, 0) is 14.3 Å². The smallest absolute Gasteiger partial charge is 0.344 e. The Bertz CT molecular complexity index is 717. The van der Waals surface area contributed by atoms with E-state index in [1.807, 2.05) is 50.2 Å². The number of carbonyl (C=O) groups is 2. The molecule has 26 heavy (non-hydrogen) atoms. The summed E-state index contributed by atoms with van der Waals surface area (Å²) < 4.78 is 15.8. The van der Waals surface area contributed by atoms with Crippen LogP contribution in [0.25, 0.3) is 0 Å². The van der Waals surface area contributed by atoms with E-state index in [4.69, 9.17) is 14.2 Å². The van der Waals surface area contributed by atoms with E-state index in [1.54, 1.807) is 18.2 Å². The molecule has 1 atom stereocenters. The summed E-state index contributed by atoms with van der Waals surface area (Å²) in [6.45, 7) is 3.56. The van der Waals surface area contributed by atoms with Crippen LogP contribution >= 0.6 is 0 Å². The first-order valence-electron chi connectivity index (χ1n) is 8.44. The van der Waals surface area contributed by atoms with Gasteiger partial charge in [0.15, 0.2) is 24.7 Å². The SMILES string of the molecule is CCOc1ccccc1OCC(=O)OCC(=O)N[C@@H](C)c1ccccc1. The van der Waals surface area contributed by atoms with Crippen molar-refractivity contribution in [3.05, 3.63) is 60.2 Å². The summed E-state index contributed by atoms with van der Waals surface area (Å²) in [6.07, 6.45) is 0. The lowest BCUT2D eigenvalue weighted by atomic mass is 10.1. The number of hydrogen-bond acceptors (Lipinski definition) is 5. The Morgan fingerprint density at radius 1 is 0.923 bits per heavy atom. The molecular formula is C20H23NO5. The molecule has 0 fully saturated rings. The van der Waals surface area contributed by atoms with Crippen LogP contribution in [-0.4, -0.2) is 31.7 Å². The van der Waals surface area contributed by atoms with Gasteiger partial charge in [-0.3, -0.25) is 4.79 Å². The highest BCUT2D eigenvalue weighted by Gasteiger charge is 2.13. The van der Waals surface area contributed by atoms with Crippen molar-refractivity contribution in [3.8, 4) is 11.5 Å². The van der Waals surface area contributed by atoms with E-state index in [0.717, 1.165) is 5.56 Å². The van der Waals surface area contributed by atoms with E-state index in [1.165, 1.54) is 0 Å². The summed E-state index contributed by atoms with van der Waals surface area (Å²) in [5, 5.41) is 2.77. The predicted octanol–water partition coefficient (Wildman–Crippen LogP) is 2.88. The van der Waals surface area contributed by atoms with Crippen molar-refractivity contribution in [1.82, 2.24) is 5.32 Å². The molecule has 0 spiro atoms. The standard InChI is InChI=1S/C20H23NO5/c1-3-24-17-11-7-8-12-18(17)25-14-20(23)26-13-19(22)21-15(2)16-9-5-4-6-10-16/h4-12,15H,3,13-14H2,1-2H3,(H,21,22)/t15-/m0/s1. The fourth-order valence-electron chi connectivity index (χ4n) is 2.28. The molecule has 1 amide bonds. The molecular weight excluding hydrogens is 334 g/mol. The van der Waals surface area contributed by atoms with Crippen molar-refractivity contribution in [1.29, 1.82) is 0 Å². The Labute approximate surface area is 153 Å². The average Bonchev–Trinajstić information content (AvgIpc) is 2.66. The first-order chi connectivity index (χ1) is 12.6. The van der Waals surface area contributed by atoms with Crippen molar-refractivity contribution in [2.24, 2.45) is 0 Å². The van der Waals surface area contributed by atoms with Gasteiger partial charge in [0.1, 0.15) is 0 Å². The lowest BCUT2D eigenvalue weighted by Crippen LogP contribution is -2.31. The van der Waals surface area contributed by atoms with E-state index in [2.05, 4.69) is 5.32 Å². The number of nitrogens with one attached hydrogen (secondary N) is 1. The summed E-state index contributed by atoms with van der Waals surface area (Å²) >= 11 is 0. The van der Waals surface area contributed by atoms with Gasteiger partial charge in [-0.25, -0.2) is 4.79 Å². The van der Waals surface area contributed by atoms with Crippen LogP contribution in [0, 0.1) is 0 Å². The average molecular weight is 357 g/mol. The Hall–Kier alpha value is -3.02. The summed E-state index contributed by atoms with van der Waals surface area (Å²) in [5.41, 5.74) is 0.975. The minimum absolute atomic E-state index is 0.170. The van der Waals surface area contributed by atoms with E-state index >= 15 is 0 Å². The molecule has 0 aliphatic rings.